The number of nitrogens with zero attached hydrogens (tertiary/aromatic N) is 1. The molecule has 1 heterocycles. The smallest absolute Gasteiger partial charge is 0.224 e. The average molecular weight is 266 g/mol. The molecule has 2 rings (SSSR count). The highest BCUT2D eigenvalue weighted by Crippen LogP contribution is 2.29. The Balaban J connectivity index is 1.70. The second kappa shape index (κ2) is 7.28. The van der Waals surface area contributed by atoms with Crippen molar-refractivity contribution in [2.75, 3.05) is 13.1 Å². The van der Waals surface area contributed by atoms with Crippen LogP contribution in [0.3, 0.4) is 0 Å². The summed E-state index contributed by atoms with van der Waals surface area (Å²) in [4.78, 5) is 14.4. The zero-order chi connectivity index (χ0) is 13.7. The molecule has 19 heavy (non-hydrogen) atoms. The van der Waals surface area contributed by atoms with Crippen molar-refractivity contribution in [1.29, 1.82) is 0 Å². The first kappa shape index (κ1) is 14.8. The van der Waals surface area contributed by atoms with Crippen LogP contribution in [0.1, 0.15) is 65.2 Å². The average Bonchev–Trinajstić information content (AvgIpc) is 2.54. The summed E-state index contributed by atoms with van der Waals surface area (Å²) in [6, 6.07) is 0.882. The van der Waals surface area contributed by atoms with Crippen LogP contribution in [-0.2, 0) is 4.79 Å². The third kappa shape index (κ3) is 4.48. The van der Waals surface area contributed by atoms with Crippen molar-refractivity contribution in [3.05, 3.63) is 0 Å². The van der Waals surface area contributed by atoms with Crippen molar-refractivity contribution >= 4 is 5.91 Å². The molecular formula is C16H30N2O. The molecule has 1 saturated heterocycles. The third-order valence-corrected chi connectivity index (χ3v) is 4.84. The fraction of sp³-hybridized carbons (Fsp3) is 0.938. The molecule has 0 radical (unpaired) electrons. The van der Waals surface area contributed by atoms with Gasteiger partial charge < -0.3 is 10.2 Å². The Kier molecular flexibility index (Phi) is 5.68. The summed E-state index contributed by atoms with van der Waals surface area (Å²) in [5.41, 5.74) is 0. The Morgan fingerprint density at radius 2 is 1.74 bits per heavy atom. The largest absolute Gasteiger partial charge is 0.343 e. The summed E-state index contributed by atoms with van der Waals surface area (Å²) in [7, 11) is 0. The summed E-state index contributed by atoms with van der Waals surface area (Å²) in [5, 5.41) is 3.62. The molecule has 0 aromatic heterocycles. The molecule has 110 valence electrons. The molecule has 2 aliphatic rings. The minimum Gasteiger partial charge on any atom is -0.343 e. The van der Waals surface area contributed by atoms with Crippen molar-refractivity contribution < 1.29 is 4.79 Å². The standard InChI is InChI=1S/C16H30N2O/c1-13(17-14(2)15-8-7-9-15)12-16(19)18-10-5-3-4-6-11-18/h13-15,17H,3-12H2,1-2H3/t13-,14-/m0/s1. The first-order valence-electron chi connectivity index (χ1n) is 8.20. The quantitative estimate of drug-likeness (QED) is 0.830. The predicted octanol–water partition coefficient (Wildman–Crippen LogP) is 2.95. The van der Waals surface area contributed by atoms with Crippen LogP contribution in [0.15, 0.2) is 0 Å². The van der Waals surface area contributed by atoms with E-state index in [4.69, 9.17) is 0 Å². The van der Waals surface area contributed by atoms with Gasteiger partial charge in [-0.3, -0.25) is 4.79 Å². The van der Waals surface area contributed by atoms with Gasteiger partial charge in [-0.1, -0.05) is 19.3 Å². The summed E-state index contributed by atoms with van der Waals surface area (Å²) in [6.07, 6.45) is 9.72. The molecule has 1 saturated carbocycles. The minimum atomic E-state index is 0.311. The summed E-state index contributed by atoms with van der Waals surface area (Å²) >= 11 is 0. The molecule has 1 aliphatic heterocycles. The maximum Gasteiger partial charge on any atom is 0.224 e. The normalized spacial score (nSPS) is 24.4. The van der Waals surface area contributed by atoms with Crippen molar-refractivity contribution in [3.8, 4) is 0 Å². The molecule has 3 heteroatoms. The summed E-state index contributed by atoms with van der Waals surface area (Å²) in [5.74, 6) is 1.19. The zero-order valence-electron chi connectivity index (χ0n) is 12.7. The molecule has 0 spiro atoms. The highest BCUT2D eigenvalue weighted by atomic mass is 16.2. The molecule has 0 aromatic carbocycles. The number of nitrogens with one attached hydrogen (secondary N) is 1. The molecule has 2 atom stereocenters. The lowest BCUT2D eigenvalue weighted by Crippen LogP contribution is -2.44. The van der Waals surface area contributed by atoms with E-state index in [2.05, 4.69) is 24.1 Å². The maximum absolute atomic E-state index is 12.3. The molecular weight excluding hydrogens is 236 g/mol. The van der Waals surface area contributed by atoms with E-state index in [0.717, 1.165) is 19.0 Å². The Morgan fingerprint density at radius 3 is 2.26 bits per heavy atom. The lowest BCUT2D eigenvalue weighted by molar-refractivity contribution is -0.131. The van der Waals surface area contributed by atoms with Crippen LogP contribution < -0.4 is 5.32 Å². The molecule has 0 bridgehead atoms. The van der Waals surface area contributed by atoms with E-state index in [1.807, 2.05) is 0 Å². The predicted molar refractivity (Wildman–Crippen MR) is 79.1 cm³/mol. The SMILES string of the molecule is C[C@H](N[C@@H](C)CC(=O)N1CCCCCC1)C1CCC1. The van der Waals surface area contributed by atoms with Gasteiger partial charge in [-0.05, 0) is 45.4 Å². The fourth-order valence-corrected chi connectivity index (χ4v) is 3.29. The lowest BCUT2D eigenvalue weighted by atomic mass is 9.80. The minimum absolute atomic E-state index is 0.311. The van der Waals surface area contributed by atoms with Gasteiger partial charge in [0.15, 0.2) is 0 Å². The number of hydrogen-bond donors (Lipinski definition) is 1. The van der Waals surface area contributed by atoms with E-state index in [-0.39, 0.29) is 0 Å². The van der Waals surface area contributed by atoms with Gasteiger partial charge in [0.05, 0.1) is 0 Å². The van der Waals surface area contributed by atoms with E-state index < -0.39 is 0 Å². The third-order valence-electron chi connectivity index (χ3n) is 4.84. The van der Waals surface area contributed by atoms with E-state index >= 15 is 0 Å². The van der Waals surface area contributed by atoms with Gasteiger partial charge in [-0.25, -0.2) is 0 Å². The second-order valence-electron chi connectivity index (χ2n) is 6.55. The van der Waals surface area contributed by atoms with Gasteiger partial charge in [0.1, 0.15) is 0 Å². The van der Waals surface area contributed by atoms with Gasteiger partial charge in [0, 0.05) is 31.6 Å². The highest BCUT2D eigenvalue weighted by molar-refractivity contribution is 5.76. The van der Waals surface area contributed by atoms with Crippen molar-refractivity contribution in [2.45, 2.75) is 77.3 Å². The molecule has 1 N–H and O–H groups in total. The Bertz CT molecular complexity index is 280. The van der Waals surface area contributed by atoms with Crippen LogP contribution in [-0.4, -0.2) is 36.0 Å². The van der Waals surface area contributed by atoms with Crippen molar-refractivity contribution in [1.82, 2.24) is 10.2 Å². The van der Waals surface area contributed by atoms with Gasteiger partial charge >= 0.3 is 0 Å². The number of carbonyl (C=O) groups excluding carboxylic acids is 1. The first-order valence-corrected chi connectivity index (χ1v) is 8.20. The number of rotatable bonds is 5. The van der Waals surface area contributed by atoms with E-state index in [0.29, 0.717) is 24.4 Å². The van der Waals surface area contributed by atoms with Crippen LogP contribution >= 0.6 is 0 Å². The number of likely N-dealkylation sites (tertiary alicyclic amines) is 1. The number of amides is 1. The summed E-state index contributed by atoms with van der Waals surface area (Å²) < 4.78 is 0. The Labute approximate surface area is 118 Å². The molecule has 1 amide bonds. The number of carbonyl (C=O) groups is 1. The topological polar surface area (TPSA) is 32.3 Å². The fourth-order valence-electron chi connectivity index (χ4n) is 3.29. The van der Waals surface area contributed by atoms with Gasteiger partial charge in [0.25, 0.3) is 0 Å². The Hall–Kier alpha value is -0.570. The highest BCUT2D eigenvalue weighted by Gasteiger charge is 2.25. The maximum atomic E-state index is 12.3. The van der Waals surface area contributed by atoms with Crippen molar-refractivity contribution in [3.63, 3.8) is 0 Å². The molecule has 0 unspecified atom stereocenters. The molecule has 2 fully saturated rings. The molecule has 3 nitrogen and oxygen atoms in total. The van der Waals surface area contributed by atoms with E-state index in [1.54, 1.807) is 0 Å². The van der Waals surface area contributed by atoms with Crippen LogP contribution in [0.25, 0.3) is 0 Å². The van der Waals surface area contributed by atoms with E-state index in [1.165, 1.54) is 44.9 Å². The lowest BCUT2D eigenvalue weighted by Gasteiger charge is -2.34. The van der Waals surface area contributed by atoms with Gasteiger partial charge in [0.2, 0.25) is 5.91 Å². The van der Waals surface area contributed by atoms with Gasteiger partial charge in [-0.15, -0.1) is 0 Å². The summed E-state index contributed by atoms with van der Waals surface area (Å²) in [6.45, 7) is 6.38. The van der Waals surface area contributed by atoms with Gasteiger partial charge in [-0.2, -0.15) is 0 Å². The number of hydrogen-bond acceptors (Lipinski definition) is 2. The first-order chi connectivity index (χ1) is 9.16. The van der Waals surface area contributed by atoms with E-state index in [9.17, 15) is 4.79 Å². The van der Waals surface area contributed by atoms with Crippen LogP contribution in [0, 0.1) is 5.92 Å². The zero-order valence-corrected chi connectivity index (χ0v) is 12.7. The monoisotopic (exact) mass is 266 g/mol. The van der Waals surface area contributed by atoms with Crippen molar-refractivity contribution in [2.24, 2.45) is 5.92 Å². The Morgan fingerprint density at radius 1 is 1.11 bits per heavy atom. The second-order valence-corrected chi connectivity index (χ2v) is 6.55. The van der Waals surface area contributed by atoms with Crippen LogP contribution in [0.5, 0.6) is 0 Å². The molecule has 1 aliphatic carbocycles. The van der Waals surface area contributed by atoms with Crippen LogP contribution in [0.4, 0.5) is 0 Å². The molecule has 0 aromatic rings. The van der Waals surface area contributed by atoms with Crippen LogP contribution in [0.2, 0.25) is 0 Å².